The molecule has 0 fully saturated rings. The average molecular weight is 481 g/mol. The number of aromatic nitrogens is 3. The van der Waals surface area contributed by atoms with Gasteiger partial charge in [-0.2, -0.15) is 0 Å². The lowest BCUT2D eigenvalue weighted by Gasteiger charge is -2.24. The summed E-state index contributed by atoms with van der Waals surface area (Å²) in [7, 11) is 1.40. The molecule has 2 N–H and O–H groups in total. The Labute approximate surface area is 202 Å². The Bertz CT molecular complexity index is 1240. The maximum Gasteiger partial charge on any atom is 0.407 e. The number of hydrogen-bond donors (Lipinski definition) is 2. The molecule has 3 aromatic rings. The number of benzene rings is 1. The van der Waals surface area contributed by atoms with Crippen molar-refractivity contribution in [2.24, 2.45) is 7.05 Å². The summed E-state index contributed by atoms with van der Waals surface area (Å²) in [6.45, 7) is 5.50. The third-order valence-electron chi connectivity index (χ3n) is 4.96. The third kappa shape index (κ3) is 6.85. The van der Waals surface area contributed by atoms with Crippen LogP contribution in [-0.2, 0) is 18.2 Å². The molecule has 1 aromatic carbocycles. The predicted molar refractivity (Wildman–Crippen MR) is 131 cm³/mol. The second-order valence-electron chi connectivity index (χ2n) is 8.90. The monoisotopic (exact) mass is 480 g/mol. The molecular formula is C24H28N6O5. The van der Waals surface area contributed by atoms with Gasteiger partial charge in [0.1, 0.15) is 5.60 Å². The van der Waals surface area contributed by atoms with Crippen LogP contribution in [0, 0.1) is 10.1 Å². The quantitative estimate of drug-likeness (QED) is 0.369. The number of amides is 1. The number of ether oxygens (including phenoxy) is 1. The van der Waals surface area contributed by atoms with Crippen molar-refractivity contribution >= 4 is 17.7 Å². The zero-order valence-corrected chi connectivity index (χ0v) is 20.0. The molecule has 11 heteroatoms. The Balaban J connectivity index is 1.90. The summed E-state index contributed by atoms with van der Waals surface area (Å²) < 4.78 is 6.47. The fraction of sp³-hybridized carbons (Fsp3) is 0.333. The summed E-state index contributed by atoms with van der Waals surface area (Å²) >= 11 is 0. The minimum absolute atomic E-state index is 0.0669. The molecule has 2 aromatic heterocycles. The number of alkyl carbamates (subject to hydrolysis) is 1. The summed E-state index contributed by atoms with van der Waals surface area (Å²) in [5, 5.41) is 17.5. The molecular weight excluding hydrogens is 452 g/mol. The largest absolute Gasteiger partial charge is 0.444 e. The number of nitrogens with zero attached hydrogens (tertiary/aromatic N) is 4. The maximum atomic E-state index is 12.8. The van der Waals surface area contributed by atoms with Crippen LogP contribution >= 0.6 is 0 Å². The standard InChI is InChI=1S/C24H28N6O5/c1-24(2,3)35-23(32)27-18(14-16-8-6-5-7-9-16)15-26-22-28-19(17-10-12-25-13-11-17)20(30(33)34)21(31)29(22)4/h5-13,18H,14-15H2,1-4H3,(H,26,28)(H,27,32)/t18-/m0/s1. The van der Waals surface area contributed by atoms with E-state index in [2.05, 4.69) is 20.6 Å². The van der Waals surface area contributed by atoms with E-state index in [1.807, 2.05) is 30.3 Å². The van der Waals surface area contributed by atoms with E-state index < -0.39 is 33.9 Å². The van der Waals surface area contributed by atoms with E-state index in [4.69, 9.17) is 4.74 Å². The highest BCUT2D eigenvalue weighted by atomic mass is 16.6. The number of nitrogens with one attached hydrogen (secondary N) is 2. The molecule has 0 aliphatic rings. The fourth-order valence-electron chi connectivity index (χ4n) is 3.39. The smallest absolute Gasteiger partial charge is 0.407 e. The number of carbonyl (C=O) groups is 1. The number of nitro groups is 1. The molecule has 1 atom stereocenters. The number of rotatable bonds is 8. The molecule has 0 saturated heterocycles. The van der Waals surface area contributed by atoms with Crippen molar-refractivity contribution in [2.75, 3.05) is 11.9 Å². The Morgan fingerprint density at radius 3 is 2.43 bits per heavy atom. The number of anilines is 1. The van der Waals surface area contributed by atoms with E-state index in [-0.39, 0.29) is 18.2 Å². The Morgan fingerprint density at radius 2 is 1.83 bits per heavy atom. The van der Waals surface area contributed by atoms with Crippen LogP contribution in [0.4, 0.5) is 16.4 Å². The highest BCUT2D eigenvalue weighted by Crippen LogP contribution is 2.25. The number of pyridine rings is 1. The Morgan fingerprint density at radius 1 is 1.17 bits per heavy atom. The van der Waals surface area contributed by atoms with Crippen LogP contribution in [0.3, 0.4) is 0 Å². The first-order valence-corrected chi connectivity index (χ1v) is 11.0. The Kier molecular flexibility index (Phi) is 7.80. The summed E-state index contributed by atoms with van der Waals surface area (Å²) in [5.74, 6) is 0.122. The van der Waals surface area contributed by atoms with Crippen LogP contribution in [0.15, 0.2) is 59.7 Å². The first-order valence-electron chi connectivity index (χ1n) is 11.0. The normalized spacial score (nSPS) is 12.0. The first-order chi connectivity index (χ1) is 16.5. The van der Waals surface area contributed by atoms with Gasteiger partial charge in [-0.3, -0.25) is 24.5 Å². The number of hydrogen-bond acceptors (Lipinski definition) is 8. The molecule has 184 valence electrons. The van der Waals surface area contributed by atoms with Gasteiger partial charge in [-0.15, -0.1) is 0 Å². The zero-order valence-electron chi connectivity index (χ0n) is 20.0. The highest BCUT2D eigenvalue weighted by Gasteiger charge is 2.26. The predicted octanol–water partition coefficient (Wildman–Crippen LogP) is 3.30. The molecule has 1 amide bonds. The highest BCUT2D eigenvalue weighted by molar-refractivity contribution is 5.70. The van der Waals surface area contributed by atoms with E-state index in [1.54, 1.807) is 32.9 Å². The molecule has 2 heterocycles. The van der Waals surface area contributed by atoms with E-state index in [9.17, 15) is 19.7 Å². The Hall–Kier alpha value is -4.28. The van der Waals surface area contributed by atoms with Crippen molar-refractivity contribution in [3.63, 3.8) is 0 Å². The van der Waals surface area contributed by atoms with Gasteiger partial charge in [0.05, 0.1) is 11.0 Å². The molecule has 35 heavy (non-hydrogen) atoms. The minimum atomic E-state index is -0.806. The van der Waals surface area contributed by atoms with Crippen LogP contribution < -0.4 is 16.2 Å². The van der Waals surface area contributed by atoms with Crippen LogP contribution in [0.25, 0.3) is 11.3 Å². The van der Waals surface area contributed by atoms with Crippen molar-refractivity contribution in [1.29, 1.82) is 0 Å². The maximum absolute atomic E-state index is 12.8. The van der Waals surface area contributed by atoms with Gasteiger partial charge in [-0.25, -0.2) is 9.78 Å². The van der Waals surface area contributed by atoms with Crippen LogP contribution in [-0.4, -0.2) is 43.7 Å². The van der Waals surface area contributed by atoms with Gasteiger partial charge in [0.2, 0.25) is 5.95 Å². The SMILES string of the molecule is Cn1c(NC[C@H](Cc2ccccc2)NC(=O)OC(C)(C)C)nc(-c2ccncc2)c([N+](=O)[O-])c1=O. The van der Waals surface area contributed by atoms with Crippen molar-refractivity contribution in [3.05, 3.63) is 80.9 Å². The second kappa shape index (κ2) is 10.8. The summed E-state index contributed by atoms with van der Waals surface area (Å²) in [5.41, 5.74) is -0.796. The summed E-state index contributed by atoms with van der Waals surface area (Å²) in [4.78, 5) is 44.5. The van der Waals surface area contributed by atoms with Gasteiger partial charge in [0.25, 0.3) is 0 Å². The summed E-state index contributed by atoms with van der Waals surface area (Å²) in [6.07, 6.45) is 2.83. The third-order valence-corrected chi connectivity index (χ3v) is 4.96. The molecule has 3 rings (SSSR count). The molecule has 0 spiro atoms. The van der Waals surface area contributed by atoms with Crippen molar-refractivity contribution in [2.45, 2.75) is 38.8 Å². The molecule has 0 radical (unpaired) electrons. The van der Waals surface area contributed by atoms with Gasteiger partial charge >= 0.3 is 17.3 Å². The van der Waals surface area contributed by atoms with E-state index in [0.717, 1.165) is 10.1 Å². The van der Waals surface area contributed by atoms with Crippen LogP contribution in [0.2, 0.25) is 0 Å². The molecule has 0 unspecified atom stereocenters. The van der Waals surface area contributed by atoms with Gasteiger partial charge in [-0.1, -0.05) is 30.3 Å². The topological polar surface area (TPSA) is 141 Å². The molecule has 11 nitrogen and oxygen atoms in total. The van der Waals surface area contributed by atoms with Crippen molar-refractivity contribution < 1.29 is 14.5 Å². The molecule has 0 saturated carbocycles. The van der Waals surface area contributed by atoms with Gasteiger partial charge in [-0.05, 0) is 44.9 Å². The van der Waals surface area contributed by atoms with Crippen molar-refractivity contribution in [1.82, 2.24) is 19.9 Å². The second-order valence-corrected chi connectivity index (χ2v) is 8.90. The molecule has 0 aliphatic carbocycles. The van der Waals surface area contributed by atoms with Gasteiger partial charge in [0, 0.05) is 31.5 Å². The fourth-order valence-corrected chi connectivity index (χ4v) is 3.39. The van der Waals surface area contributed by atoms with E-state index in [0.29, 0.717) is 12.0 Å². The lowest BCUT2D eigenvalue weighted by Crippen LogP contribution is -2.44. The lowest BCUT2D eigenvalue weighted by molar-refractivity contribution is -0.386. The molecule has 0 bridgehead atoms. The number of carbonyl (C=O) groups excluding carboxylic acids is 1. The van der Waals surface area contributed by atoms with Crippen LogP contribution in [0.1, 0.15) is 26.3 Å². The summed E-state index contributed by atoms with van der Waals surface area (Å²) in [6, 6.07) is 12.2. The molecule has 0 aliphatic heterocycles. The van der Waals surface area contributed by atoms with E-state index >= 15 is 0 Å². The lowest BCUT2D eigenvalue weighted by atomic mass is 10.1. The van der Waals surface area contributed by atoms with Crippen molar-refractivity contribution in [3.8, 4) is 11.3 Å². The van der Waals surface area contributed by atoms with Gasteiger partial charge in [0.15, 0.2) is 5.69 Å². The zero-order chi connectivity index (χ0) is 25.6. The van der Waals surface area contributed by atoms with E-state index in [1.165, 1.54) is 19.4 Å². The van der Waals surface area contributed by atoms with Crippen LogP contribution in [0.5, 0.6) is 0 Å². The van der Waals surface area contributed by atoms with Gasteiger partial charge < -0.3 is 15.4 Å². The average Bonchev–Trinajstić information content (AvgIpc) is 2.79. The first kappa shape index (κ1) is 25.3. The minimum Gasteiger partial charge on any atom is -0.444 e.